The fourth-order valence-corrected chi connectivity index (χ4v) is 2.09. The molecule has 0 spiro atoms. The summed E-state index contributed by atoms with van der Waals surface area (Å²) in [5, 5.41) is 6.14. The highest BCUT2D eigenvalue weighted by Crippen LogP contribution is 2.17. The molecule has 1 aliphatic rings. The van der Waals surface area contributed by atoms with Crippen molar-refractivity contribution < 1.29 is 4.79 Å². The maximum absolute atomic E-state index is 11.9. The average molecular weight is 269 g/mol. The Morgan fingerprint density at radius 2 is 2.00 bits per heavy atom. The summed E-state index contributed by atoms with van der Waals surface area (Å²) in [6.07, 6.45) is 2.03. The van der Waals surface area contributed by atoms with E-state index in [1.807, 2.05) is 12.1 Å². The Balaban J connectivity index is 0.00000162. The number of nitrogens with one attached hydrogen (secondary N) is 2. The number of halogens is 1. The monoisotopic (exact) mass is 268 g/mol. The van der Waals surface area contributed by atoms with Crippen molar-refractivity contribution in [3.8, 4) is 0 Å². The number of hydrogen-bond acceptors (Lipinski definition) is 2. The second-order valence-electron chi connectivity index (χ2n) is 4.91. The molecule has 1 aliphatic heterocycles. The van der Waals surface area contributed by atoms with E-state index in [1.165, 1.54) is 5.56 Å². The summed E-state index contributed by atoms with van der Waals surface area (Å²) in [6, 6.07) is 8.08. The van der Waals surface area contributed by atoms with Crippen molar-refractivity contribution in [2.24, 2.45) is 0 Å². The first-order valence-electron chi connectivity index (χ1n) is 6.31. The van der Waals surface area contributed by atoms with Crippen molar-refractivity contribution in [3.05, 3.63) is 29.8 Å². The number of hydrogen-bond donors (Lipinski definition) is 2. The third-order valence-electron chi connectivity index (χ3n) is 3.22. The molecular weight excluding hydrogens is 248 g/mol. The number of carbonyl (C=O) groups is 1. The van der Waals surface area contributed by atoms with Crippen LogP contribution in [-0.4, -0.2) is 18.5 Å². The zero-order valence-corrected chi connectivity index (χ0v) is 11.7. The number of amides is 1. The van der Waals surface area contributed by atoms with E-state index >= 15 is 0 Å². The molecule has 0 saturated carbocycles. The van der Waals surface area contributed by atoms with E-state index in [1.54, 1.807) is 0 Å². The van der Waals surface area contributed by atoms with Crippen molar-refractivity contribution in [2.45, 2.75) is 38.6 Å². The van der Waals surface area contributed by atoms with Gasteiger partial charge in [-0.25, -0.2) is 0 Å². The van der Waals surface area contributed by atoms with E-state index < -0.39 is 0 Å². The van der Waals surface area contributed by atoms with Crippen molar-refractivity contribution in [1.29, 1.82) is 0 Å². The van der Waals surface area contributed by atoms with Gasteiger partial charge in [-0.2, -0.15) is 0 Å². The molecule has 100 valence electrons. The van der Waals surface area contributed by atoms with Crippen LogP contribution in [0.4, 0.5) is 5.69 Å². The van der Waals surface area contributed by atoms with Crippen LogP contribution >= 0.6 is 12.4 Å². The van der Waals surface area contributed by atoms with Crippen LogP contribution in [0.25, 0.3) is 0 Å². The van der Waals surface area contributed by atoms with E-state index in [2.05, 4.69) is 36.6 Å². The maximum atomic E-state index is 11.9. The molecule has 0 radical (unpaired) electrons. The molecule has 2 rings (SSSR count). The van der Waals surface area contributed by atoms with Crippen LogP contribution in [0.5, 0.6) is 0 Å². The third kappa shape index (κ3) is 3.72. The predicted octanol–water partition coefficient (Wildman–Crippen LogP) is 2.92. The lowest BCUT2D eigenvalue weighted by atomic mass is 10.0. The van der Waals surface area contributed by atoms with Gasteiger partial charge in [0.1, 0.15) is 0 Å². The van der Waals surface area contributed by atoms with Gasteiger partial charge in [0.2, 0.25) is 5.91 Å². The van der Waals surface area contributed by atoms with E-state index in [4.69, 9.17) is 0 Å². The van der Waals surface area contributed by atoms with Gasteiger partial charge in [-0.3, -0.25) is 4.79 Å². The largest absolute Gasteiger partial charge is 0.325 e. The fourth-order valence-electron chi connectivity index (χ4n) is 2.09. The maximum Gasteiger partial charge on any atom is 0.241 e. The summed E-state index contributed by atoms with van der Waals surface area (Å²) in [5.41, 5.74) is 2.18. The average Bonchev–Trinajstić information content (AvgIpc) is 2.83. The number of carbonyl (C=O) groups excluding carboxylic acids is 1. The Morgan fingerprint density at radius 1 is 1.33 bits per heavy atom. The number of benzene rings is 1. The highest BCUT2D eigenvalue weighted by Gasteiger charge is 2.21. The quantitative estimate of drug-likeness (QED) is 0.885. The molecule has 2 N–H and O–H groups in total. The Labute approximate surface area is 115 Å². The van der Waals surface area contributed by atoms with Gasteiger partial charge in [-0.05, 0) is 43.0 Å². The van der Waals surface area contributed by atoms with Crippen LogP contribution in [-0.2, 0) is 4.79 Å². The summed E-state index contributed by atoms with van der Waals surface area (Å²) in [5.74, 6) is 0.607. The molecule has 1 atom stereocenters. The van der Waals surface area contributed by atoms with E-state index in [-0.39, 0.29) is 24.4 Å². The van der Waals surface area contributed by atoms with Crippen LogP contribution < -0.4 is 10.6 Å². The lowest BCUT2D eigenvalue weighted by Crippen LogP contribution is -2.35. The lowest BCUT2D eigenvalue weighted by Gasteiger charge is -2.12. The van der Waals surface area contributed by atoms with Gasteiger partial charge < -0.3 is 10.6 Å². The third-order valence-corrected chi connectivity index (χ3v) is 3.22. The normalized spacial score (nSPS) is 18.5. The molecule has 1 heterocycles. The molecule has 1 aromatic carbocycles. The van der Waals surface area contributed by atoms with Crippen molar-refractivity contribution in [1.82, 2.24) is 5.32 Å². The van der Waals surface area contributed by atoms with Gasteiger partial charge >= 0.3 is 0 Å². The van der Waals surface area contributed by atoms with Crippen molar-refractivity contribution in [2.75, 3.05) is 11.9 Å². The highest BCUT2D eigenvalue weighted by atomic mass is 35.5. The fraction of sp³-hybridized carbons (Fsp3) is 0.500. The first-order valence-corrected chi connectivity index (χ1v) is 6.31. The second kappa shape index (κ2) is 6.76. The molecule has 3 nitrogen and oxygen atoms in total. The van der Waals surface area contributed by atoms with Gasteiger partial charge in [-0.1, -0.05) is 26.0 Å². The minimum atomic E-state index is -0.0141. The smallest absolute Gasteiger partial charge is 0.241 e. The zero-order chi connectivity index (χ0) is 12.3. The lowest BCUT2D eigenvalue weighted by molar-refractivity contribution is -0.117. The molecule has 4 heteroatoms. The van der Waals surface area contributed by atoms with Crippen molar-refractivity contribution in [3.63, 3.8) is 0 Å². The number of rotatable bonds is 3. The van der Waals surface area contributed by atoms with Gasteiger partial charge in [0, 0.05) is 5.69 Å². The first kappa shape index (κ1) is 15.0. The summed E-state index contributed by atoms with van der Waals surface area (Å²) >= 11 is 0. The SMILES string of the molecule is CC(C)c1ccc(NC(=O)[C@@H]2CCCN2)cc1.Cl. The predicted molar refractivity (Wildman–Crippen MR) is 77.4 cm³/mol. The van der Waals surface area contributed by atoms with E-state index in [0.29, 0.717) is 5.92 Å². The minimum Gasteiger partial charge on any atom is -0.325 e. The molecule has 18 heavy (non-hydrogen) atoms. The molecule has 1 aromatic rings. The summed E-state index contributed by atoms with van der Waals surface area (Å²) in [7, 11) is 0. The topological polar surface area (TPSA) is 41.1 Å². The molecule has 1 saturated heterocycles. The van der Waals surface area contributed by atoms with Crippen LogP contribution in [0.1, 0.15) is 38.2 Å². The van der Waals surface area contributed by atoms with E-state index in [0.717, 1.165) is 25.1 Å². The molecule has 1 amide bonds. The van der Waals surface area contributed by atoms with Crippen LogP contribution in [0.3, 0.4) is 0 Å². The van der Waals surface area contributed by atoms with Crippen LogP contribution in [0, 0.1) is 0 Å². The Morgan fingerprint density at radius 3 is 2.50 bits per heavy atom. The van der Waals surface area contributed by atoms with Gasteiger partial charge in [0.25, 0.3) is 0 Å². The molecule has 0 aromatic heterocycles. The van der Waals surface area contributed by atoms with Crippen LogP contribution in [0.2, 0.25) is 0 Å². The number of anilines is 1. The Hall–Kier alpha value is -1.06. The Bertz CT molecular complexity index is 383. The van der Waals surface area contributed by atoms with Crippen LogP contribution in [0.15, 0.2) is 24.3 Å². The molecular formula is C14H21ClN2O. The van der Waals surface area contributed by atoms with Gasteiger partial charge in [0.15, 0.2) is 0 Å². The molecule has 0 bridgehead atoms. The van der Waals surface area contributed by atoms with Gasteiger partial charge in [0.05, 0.1) is 6.04 Å². The summed E-state index contributed by atoms with van der Waals surface area (Å²) in [6.45, 7) is 5.27. The molecule has 0 aliphatic carbocycles. The standard InChI is InChI=1S/C14H20N2O.ClH/c1-10(2)11-5-7-12(8-6-11)16-14(17)13-4-3-9-15-13;/h5-8,10,13,15H,3-4,9H2,1-2H3,(H,16,17);1H/t13-;/m0./s1. The molecule has 1 fully saturated rings. The van der Waals surface area contributed by atoms with Crippen molar-refractivity contribution >= 4 is 24.0 Å². The minimum absolute atomic E-state index is 0. The first-order chi connectivity index (χ1) is 8.16. The summed E-state index contributed by atoms with van der Waals surface area (Å²) < 4.78 is 0. The van der Waals surface area contributed by atoms with E-state index in [9.17, 15) is 4.79 Å². The highest BCUT2D eigenvalue weighted by molar-refractivity contribution is 5.95. The Kier molecular flexibility index (Phi) is 5.63. The summed E-state index contributed by atoms with van der Waals surface area (Å²) in [4.78, 5) is 11.9. The van der Waals surface area contributed by atoms with Gasteiger partial charge in [-0.15, -0.1) is 12.4 Å². The second-order valence-corrected chi connectivity index (χ2v) is 4.91. The molecule has 0 unspecified atom stereocenters. The zero-order valence-electron chi connectivity index (χ0n) is 10.9.